The molecular formula is C15H23N. The van der Waals surface area contributed by atoms with E-state index < -0.39 is 0 Å². The molecule has 0 spiro atoms. The Hall–Kier alpha value is -0.820. The van der Waals surface area contributed by atoms with Crippen LogP contribution in [0.2, 0.25) is 0 Å². The first-order valence-electron chi connectivity index (χ1n) is 6.47. The first-order valence-corrected chi connectivity index (χ1v) is 6.47. The van der Waals surface area contributed by atoms with E-state index in [9.17, 15) is 0 Å². The molecule has 0 aromatic heterocycles. The lowest BCUT2D eigenvalue weighted by Gasteiger charge is -2.20. The predicted octanol–water partition coefficient (Wildman–Crippen LogP) is 3.47. The van der Waals surface area contributed by atoms with Crippen LogP contribution in [-0.4, -0.2) is 18.0 Å². The molecule has 1 aliphatic carbocycles. The van der Waals surface area contributed by atoms with Gasteiger partial charge < -0.3 is 0 Å². The zero-order valence-corrected chi connectivity index (χ0v) is 10.7. The van der Waals surface area contributed by atoms with Gasteiger partial charge >= 0.3 is 0 Å². The Morgan fingerprint density at radius 3 is 2.38 bits per heavy atom. The second kappa shape index (κ2) is 5.01. The van der Waals surface area contributed by atoms with Crippen LogP contribution in [0, 0.1) is 18.8 Å². The molecule has 0 bridgehead atoms. The second-order valence-electron chi connectivity index (χ2n) is 5.29. The molecule has 0 heterocycles. The van der Waals surface area contributed by atoms with Crippen molar-refractivity contribution in [3.05, 3.63) is 35.4 Å². The molecule has 0 N–H and O–H groups in total. The van der Waals surface area contributed by atoms with Crippen molar-refractivity contribution >= 4 is 0 Å². The number of nitrogens with zero attached hydrogens (tertiary/aromatic N) is 1. The van der Waals surface area contributed by atoms with Crippen LogP contribution in [-0.2, 0) is 6.54 Å². The molecule has 0 saturated heterocycles. The highest BCUT2D eigenvalue weighted by Gasteiger charge is 2.33. The molecule has 0 amide bonds. The number of hydrogen-bond donors (Lipinski definition) is 0. The van der Waals surface area contributed by atoms with Gasteiger partial charge in [0.1, 0.15) is 0 Å². The monoisotopic (exact) mass is 217 g/mol. The lowest BCUT2D eigenvalue weighted by Crippen LogP contribution is -2.25. The van der Waals surface area contributed by atoms with Crippen molar-refractivity contribution in [1.29, 1.82) is 0 Å². The summed E-state index contributed by atoms with van der Waals surface area (Å²) in [7, 11) is 0. The Kier molecular flexibility index (Phi) is 3.65. The molecule has 1 nitrogen and oxygen atoms in total. The minimum absolute atomic E-state index is 0.963. The van der Waals surface area contributed by atoms with Gasteiger partial charge in [-0.15, -0.1) is 0 Å². The predicted molar refractivity (Wildman–Crippen MR) is 69.4 cm³/mol. The normalized spacial score (nSPS) is 23.8. The fourth-order valence-corrected chi connectivity index (χ4v) is 2.24. The molecule has 2 rings (SSSR count). The van der Waals surface area contributed by atoms with Crippen LogP contribution in [0.4, 0.5) is 0 Å². The van der Waals surface area contributed by atoms with Crippen molar-refractivity contribution in [2.75, 3.05) is 13.1 Å². The zero-order chi connectivity index (χ0) is 11.5. The van der Waals surface area contributed by atoms with Crippen LogP contribution in [0.3, 0.4) is 0 Å². The molecule has 1 saturated carbocycles. The van der Waals surface area contributed by atoms with E-state index in [2.05, 4.69) is 49.9 Å². The summed E-state index contributed by atoms with van der Waals surface area (Å²) in [6.45, 7) is 10.3. The number of hydrogen-bond acceptors (Lipinski definition) is 1. The van der Waals surface area contributed by atoms with E-state index in [0.29, 0.717) is 0 Å². The Morgan fingerprint density at radius 1 is 1.25 bits per heavy atom. The molecule has 0 radical (unpaired) electrons. The van der Waals surface area contributed by atoms with E-state index in [1.165, 1.54) is 24.1 Å². The topological polar surface area (TPSA) is 3.24 Å². The van der Waals surface area contributed by atoms with Gasteiger partial charge in [-0.05, 0) is 37.3 Å². The maximum absolute atomic E-state index is 2.57. The molecule has 1 aliphatic rings. The Balaban J connectivity index is 1.88. The average Bonchev–Trinajstić information content (AvgIpc) is 2.96. The van der Waals surface area contributed by atoms with E-state index in [-0.39, 0.29) is 0 Å². The second-order valence-corrected chi connectivity index (χ2v) is 5.29. The van der Waals surface area contributed by atoms with Gasteiger partial charge in [0.05, 0.1) is 0 Å². The quantitative estimate of drug-likeness (QED) is 0.730. The van der Waals surface area contributed by atoms with Crippen LogP contribution in [0.25, 0.3) is 0 Å². The minimum Gasteiger partial charge on any atom is -0.299 e. The Morgan fingerprint density at radius 2 is 1.88 bits per heavy atom. The maximum Gasteiger partial charge on any atom is 0.0233 e. The highest BCUT2D eigenvalue weighted by atomic mass is 15.1. The van der Waals surface area contributed by atoms with Crippen molar-refractivity contribution in [1.82, 2.24) is 4.90 Å². The smallest absolute Gasteiger partial charge is 0.0233 e. The van der Waals surface area contributed by atoms with Crippen molar-refractivity contribution in [3.63, 3.8) is 0 Å². The van der Waals surface area contributed by atoms with E-state index in [1.807, 2.05) is 0 Å². The minimum atomic E-state index is 0.963. The van der Waals surface area contributed by atoms with Crippen LogP contribution in [0.1, 0.15) is 31.4 Å². The molecule has 16 heavy (non-hydrogen) atoms. The fraction of sp³-hybridized carbons (Fsp3) is 0.600. The van der Waals surface area contributed by atoms with E-state index in [4.69, 9.17) is 0 Å². The SMILES string of the molecule is CCN(Cc1ccc(C)cc1)CC1CC1C. The fourth-order valence-electron chi connectivity index (χ4n) is 2.24. The van der Waals surface area contributed by atoms with Crippen molar-refractivity contribution in [2.24, 2.45) is 11.8 Å². The lowest BCUT2D eigenvalue weighted by molar-refractivity contribution is 0.264. The van der Waals surface area contributed by atoms with E-state index in [1.54, 1.807) is 0 Å². The van der Waals surface area contributed by atoms with Crippen LogP contribution >= 0.6 is 0 Å². The molecule has 1 aromatic carbocycles. The Labute approximate surface area is 99.5 Å². The van der Waals surface area contributed by atoms with Gasteiger partial charge in [-0.3, -0.25) is 4.90 Å². The van der Waals surface area contributed by atoms with Gasteiger partial charge in [0, 0.05) is 13.1 Å². The summed E-state index contributed by atoms with van der Waals surface area (Å²) >= 11 is 0. The molecule has 1 aromatic rings. The van der Waals surface area contributed by atoms with Crippen LogP contribution in [0.5, 0.6) is 0 Å². The largest absolute Gasteiger partial charge is 0.299 e. The van der Waals surface area contributed by atoms with Crippen molar-refractivity contribution in [3.8, 4) is 0 Å². The molecule has 1 fully saturated rings. The zero-order valence-electron chi connectivity index (χ0n) is 10.7. The number of benzene rings is 1. The van der Waals surface area contributed by atoms with Gasteiger partial charge in [0.15, 0.2) is 0 Å². The number of aryl methyl sites for hydroxylation is 1. The molecule has 2 unspecified atom stereocenters. The number of rotatable bonds is 5. The van der Waals surface area contributed by atoms with Crippen molar-refractivity contribution in [2.45, 2.75) is 33.7 Å². The summed E-state index contributed by atoms with van der Waals surface area (Å²) in [5.74, 6) is 1.93. The van der Waals surface area contributed by atoms with Gasteiger partial charge in [-0.25, -0.2) is 0 Å². The summed E-state index contributed by atoms with van der Waals surface area (Å²) in [4.78, 5) is 2.57. The molecule has 1 heteroatoms. The molecule has 2 atom stereocenters. The summed E-state index contributed by atoms with van der Waals surface area (Å²) in [5, 5.41) is 0. The standard InChI is InChI=1S/C15H23N/c1-4-16(11-15-9-13(15)3)10-14-7-5-12(2)6-8-14/h5-8,13,15H,4,9-11H2,1-3H3. The van der Waals surface area contributed by atoms with Crippen molar-refractivity contribution < 1.29 is 0 Å². The summed E-state index contributed by atoms with van der Waals surface area (Å²) in [6.07, 6.45) is 1.43. The highest BCUT2D eigenvalue weighted by molar-refractivity contribution is 5.21. The van der Waals surface area contributed by atoms with Crippen LogP contribution in [0.15, 0.2) is 24.3 Å². The van der Waals surface area contributed by atoms with Gasteiger partial charge in [-0.1, -0.05) is 43.7 Å². The molecule has 0 aliphatic heterocycles. The highest BCUT2D eigenvalue weighted by Crippen LogP contribution is 2.38. The lowest BCUT2D eigenvalue weighted by atomic mass is 10.1. The molecular weight excluding hydrogens is 194 g/mol. The molecule has 88 valence electrons. The third kappa shape index (κ3) is 3.08. The summed E-state index contributed by atoms with van der Waals surface area (Å²) < 4.78 is 0. The summed E-state index contributed by atoms with van der Waals surface area (Å²) in [6, 6.07) is 8.94. The Bertz CT molecular complexity index is 328. The maximum atomic E-state index is 2.57. The van der Waals surface area contributed by atoms with E-state index >= 15 is 0 Å². The average molecular weight is 217 g/mol. The third-order valence-electron chi connectivity index (χ3n) is 3.74. The van der Waals surface area contributed by atoms with Crippen LogP contribution < -0.4 is 0 Å². The first kappa shape index (κ1) is 11.7. The summed E-state index contributed by atoms with van der Waals surface area (Å²) in [5.41, 5.74) is 2.79. The van der Waals surface area contributed by atoms with Gasteiger partial charge in [0.25, 0.3) is 0 Å². The van der Waals surface area contributed by atoms with E-state index in [0.717, 1.165) is 24.9 Å². The van der Waals surface area contributed by atoms with Gasteiger partial charge in [0.2, 0.25) is 0 Å². The first-order chi connectivity index (χ1) is 7.69. The third-order valence-corrected chi connectivity index (χ3v) is 3.74. The van der Waals surface area contributed by atoms with Gasteiger partial charge in [-0.2, -0.15) is 0 Å².